The van der Waals surface area contributed by atoms with Crippen molar-refractivity contribution in [1.82, 2.24) is 0 Å². The summed E-state index contributed by atoms with van der Waals surface area (Å²) in [5.74, 6) is 0.148. The van der Waals surface area contributed by atoms with Gasteiger partial charge in [-0.2, -0.15) is 0 Å². The van der Waals surface area contributed by atoms with Crippen molar-refractivity contribution in [2.24, 2.45) is 10.8 Å². The highest BCUT2D eigenvalue weighted by Crippen LogP contribution is 2.46. The maximum absolute atomic E-state index is 14.0. The fraction of sp³-hybridized carbons (Fsp3) is 0.200. The van der Waals surface area contributed by atoms with E-state index in [4.69, 9.17) is 0 Å². The molecule has 4 aromatic rings. The van der Waals surface area contributed by atoms with Gasteiger partial charge in [0, 0.05) is 22.3 Å². The summed E-state index contributed by atoms with van der Waals surface area (Å²) in [4.78, 5) is 28.1. The molecule has 42 heavy (non-hydrogen) atoms. The van der Waals surface area contributed by atoms with Crippen molar-refractivity contribution in [2.45, 2.75) is 40.5 Å². The van der Waals surface area contributed by atoms with E-state index < -0.39 is 10.8 Å². The molecule has 0 saturated heterocycles. The molecule has 6 rings (SSSR count). The van der Waals surface area contributed by atoms with Gasteiger partial charge in [0.25, 0.3) is 0 Å². The van der Waals surface area contributed by atoms with E-state index in [0.29, 0.717) is 11.1 Å². The molecule has 2 aliphatic carbocycles. The van der Waals surface area contributed by atoms with Crippen LogP contribution in [0.3, 0.4) is 0 Å². The van der Waals surface area contributed by atoms with E-state index in [0.717, 1.165) is 46.3 Å². The van der Waals surface area contributed by atoms with Crippen LogP contribution in [0.15, 0.2) is 132 Å². The number of fused-ring (bicyclic) bond motifs is 2. The summed E-state index contributed by atoms with van der Waals surface area (Å²) in [5, 5.41) is 0. The Balaban J connectivity index is 1.57. The van der Waals surface area contributed by atoms with Gasteiger partial charge in [-0.25, -0.2) is 0 Å². The second-order valence-electron chi connectivity index (χ2n) is 12.8. The van der Waals surface area contributed by atoms with Crippen LogP contribution in [-0.2, 0) is 12.8 Å². The Morgan fingerprint density at radius 1 is 0.429 bits per heavy atom. The van der Waals surface area contributed by atoms with Gasteiger partial charge in [-0.05, 0) is 69.2 Å². The predicted molar refractivity (Wildman–Crippen MR) is 172 cm³/mol. The molecule has 0 aliphatic heterocycles. The average Bonchev–Trinajstić information content (AvgIpc) is 2.98. The van der Waals surface area contributed by atoms with Crippen LogP contribution in [0.4, 0.5) is 0 Å². The maximum atomic E-state index is 14.0. The molecule has 0 N–H and O–H groups in total. The summed E-state index contributed by atoms with van der Waals surface area (Å²) in [7, 11) is 0. The maximum Gasteiger partial charge on any atom is 0.190 e. The Morgan fingerprint density at radius 3 is 1.10 bits per heavy atom. The summed E-state index contributed by atoms with van der Waals surface area (Å²) in [6.07, 6.45) is 5.70. The van der Waals surface area contributed by atoms with Crippen molar-refractivity contribution in [3.05, 3.63) is 166 Å². The van der Waals surface area contributed by atoms with E-state index in [9.17, 15) is 9.59 Å². The first-order valence-corrected chi connectivity index (χ1v) is 14.7. The van der Waals surface area contributed by atoms with Gasteiger partial charge in [0.2, 0.25) is 0 Å². The van der Waals surface area contributed by atoms with Crippen LogP contribution >= 0.6 is 0 Å². The standard InChI is InChI=1S/C40H36O2/c1-39(2,25-27-15-7-5-8-16-27)35-23-33(29-19-11-13-21-31(29)37(35)41)34-24-36(38(42)32-22-14-12-20-30(32)34)40(3,4)26-28-17-9-6-10-18-28/h5-24H,25-26H2,1-4H3/b34-33+. The van der Waals surface area contributed by atoms with E-state index in [1.807, 2.05) is 84.9 Å². The van der Waals surface area contributed by atoms with Crippen molar-refractivity contribution in [2.75, 3.05) is 0 Å². The third-order valence-electron chi connectivity index (χ3n) is 8.72. The quantitative estimate of drug-likeness (QED) is 0.241. The second kappa shape index (κ2) is 10.7. The van der Waals surface area contributed by atoms with Gasteiger partial charge in [0.1, 0.15) is 0 Å². The van der Waals surface area contributed by atoms with Crippen LogP contribution in [0.2, 0.25) is 0 Å². The molecule has 0 heterocycles. The van der Waals surface area contributed by atoms with Crippen molar-refractivity contribution in [1.29, 1.82) is 0 Å². The molecule has 0 spiro atoms. The Kier molecular flexibility index (Phi) is 7.02. The highest BCUT2D eigenvalue weighted by atomic mass is 16.1. The fourth-order valence-corrected chi connectivity index (χ4v) is 6.55. The van der Waals surface area contributed by atoms with E-state index in [2.05, 4.69) is 64.1 Å². The summed E-state index contributed by atoms with van der Waals surface area (Å²) >= 11 is 0. The lowest BCUT2D eigenvalue weighted by Crippen LogP contribution is -2.28. The highest BCUT2D eigenvalue weighted by Gasteiger charge is 2.38. The normalized spacial score (nSPS) is 16.9. The lowest BCUT2D eigenvalue weighted by atomic mass is 9.68. The Hall–Kier alpha value is -4.56. The molecule has 2 heteroatoms. The van der Waals surface area contributed by atoms with Gasteiger partial charge in [-0.1, -0.05) is 137 Å². The topological polar surface area (TPSA) is 34.1 Å². The van der Waals surface area contributed by atoms with Gasteiger partial charge < -0.3 is 0 Å². The first kappa shape index (κ1) is 27.6. The van der Waals surface area contributed by atoms with Crippen molar-refractivity contribution >= 4 is 22.7 Å². The summed E-state index contributed by atoms with van der Waals surface area (Å²) in [6.45, 7) is 8.62. The number of hydrogen-bond acceptors (Lipinski definition) is 2. The molecule has 2 aliphatic rings. The van der Waals surface area contributed by atoms with Crippen LogP contribution in [0.25, 0.3) is 11.1 Å². The number of ketones is 2. The minimum absolute atomic E-state index is 0.0738. The van der Waals surface area contributed by atoms with Gasteiger partial charge >= 0.3 is 0 Å². The minimum Gasteiger partial charge on any atom is -0.289 e. The third-order valence-corrected chi connectivity index (χ3v) is 8.72. The summed E-state index contributed by atoms with van der Waals surface area (Å²) in [6, 6.07) is 36.5. The number of rotatable bonds is 6. The van der Waals surface area contributed by atoms with Gasteiger partial charge in [0.05, 0.1) is 0 Å². The molecule has 2 nitrogen and oxygen atoms in total. The number of hydrogen-bond donors (Lipinski definition) is 0. The van der Waals surface area contributed by atoms with Crippen LogP contribution in [0.1, 0.15) is 70.7 Å². The van der Waals surface area contributed by atoms with Crippen molar-refractivity contribution in [3.8, 4) is 0 Å². The van der Waals surface area contributed by atoms with Gasteiger partial charge in [0.15, 0.2) is 11.6 Å². The molecule has 0 fully saturated rings. The molecule has 0 bridgehead atoms. The predicted octanol–water partition coefficient (Wildman–Crippen LogP) is 9.38. The largest absolute Gasteiger partial charge is 0.289 e. The number of carbonyl (C=O) groups excluding carboxylic acids is 2. The van der Waals surface area contributed by atoms with Crippen LogP contribution in [0, 0.1) is 10.8 Å². The molecule has 0 unspecified atom stereocenters. The smallest absolute Gasteiger partial charge is 0.190 e. The minimum atomic E-state index is -0.402. The zero-order valence-electron chi connectivity index (χ0n) is 24.8. The number of benzene rings is 4. The molecule has 0 amide bonds. The van der Waals surface area contributed by atoms with E-state index in [1.54, 1.807) is 0 Å². The van der Waals surface area contributed by atoms with Crippen molar-refractivity contribution in [3.63, 3.8) is 0 Å². The monoisotopic (exact) mass is 548 g/mol. The lowest BCUT2D eigenvalue weighted by Gasteiger charge is -2.34. The van der Waals surface area contributed by atoms with Crippen LogP contribution in [0.5, 0.6) is 0 Å². The summed E-state index contributed by atoms with van der Waals surface area (Å²) in [5.41, 5.74) is 8.42. The van der Waals surface area contributed by atoms with Gasteiger partial charge in [-0.3, -0.25) is 9.59 Å². The third kappa shape index (κ3) is 5.03. The summed E-state index contributed by atoms with van der Waals surface area (Å²) < 4.78 is 0. The molecule has 0 aromatic heterocycles. The molecule has 0 saturated carbocycles. The fourth-order valence-electron chi connectivity index (χ4n) is 6.55. The number of allylic oxidation sites excluding steroid dienone is 6. The average molecular weight is 549 g/mol. The molecular weight excluding hydrogens is 512 g/mol. The Bertz CT molecular complexity index is 1650. The van der Waals surface area contributed by atoms with E-state index in [-0.39, 0.29) is 11.6 Å². The Labute approximate surface area is 249 Å². The Morgan fingerprint density at radius 2 is 0.738 bits per heavy atom. The zero-order valence-corrected chi connectivity index (χ0v) is 24.8. The van der Waals surface area contributed by atoms with Crippen molar-refractivity contribution < 1.29 is 9.59 Å². The first-order chi connectivity index (χ1) is 20.2. The van der Waals surface area contributed by atoms with E-state index in [1.165, 1.54) is 11.1 Å². The molecular formula is C40H36O2. The zero-order chi connectivity index (χ0) is 29.5. The molecule has 0 radical (unpaired) electrons. The molecule has 4 aromatic carbocycles. The van der Waals surface area contributed by atoms with Gasteiger partial charge in [-0.15, -0.1) is 0 Å². The first-order valence-electron chi connectivity index (χ1n) is 14.7. The van der Waals surface area contributed by atoms with Crippen LogP contribution in [-0.4, -0.2) is 11.6 Å². The van der Waals surface area contributed by atoms with E-state index >= 15 is 0 Å². The molecule has 0 atom stereocenters. The second-order valence-corrected chi connectivity index (χ2v) is 12.8. The number of carbonyl (C=O) groups is 2. The highest BCUT2D eigenvalue weighted by molar-refractivity contribution is 6.23. The molecule has 208 valence electrons. The SMILES string of the molecule is CC(C)(Cc1ccccc1)C1=C/C(=C2/C=C(C(C)(C)Cc3ccccc3)C(=O)c3ccccc32)c2ccccc2C1=O. The number of Topliss-reactive ketones (excluding diaryl/α,β-unsaturated/α-hetero) is 2. The lowest BCUT2D eigenvalue weighted by molar-refractivity contribution is 0.0996. The van der Waals surface area contributed by atoms with Crippen LogP contribution < -0.4 is 0 Å².